The van der Waals surface area contributed by atoms with Gasteiger partial charge in [0.15, 0.2) is 12.5 Å². The highest BCUT2D eigenvalue weighted by Gasteiger charge is 2.19. The lowest BCUT2D eigenvalue weighted by atomic mass is 10.0. The van der Waals surface area contributed by atoms with Crippen molar-refractivity contribution in [1.82, 2.24) is 10.6 Å². The van der Waals surface area contributed by atoms with Crippen LogP contribution in [0.5, 0.6) is 0 Å². The molecule has 0 aromatic rings. The van der Waals surface area contributed by atoms with Crippen LogP contribution in [0.25, 0.3) is 0 Å². The molecule has 0 aromatic carbocycles. The van der Waals surface area contributed by atoms with Crippen LogP contribution < -0.4 is 10.6 Å². The van der Waals surface area contributed by atoms with E-state index in [1.54, 1.807) is 26.4 Å². The van der Waals surface area contributed by atoms with E-state index in [9.17, 15) is 19.8 Å². The number of aliphatic hydroxyl groups excluding tert-OH is 2. The summed E-state index contributed by atoms with van der Waals surface area (Å²) in [7, 11) is 3.09. The summed E-state index contributed by atoms with van der Waals surface area (Å²) in [6.45, 7) is 9.13. The van der Waals surface area contributed by atoms with Gasteiger partial charge in [0.1, 0.15) is 12.2 Å². The van der Waals surface area contributed by atoms with Gasteiger partial charge < -0.3 is 30.3 Å². The molecule has 4 atom stereocenters. The molecule has 4 N–H and O–H groups in total. The van der Waals surface area contributed by atoms with Gasteiger partial charge >= 0.3 is 0 Å². The Morgan fingerprint density at radius 2 is 0.432 bits per heavy atom. The Morgan fingerprint density at radius 3 is 0.602 bits per heavy atom. The van der Waals surface area contributed by atoms with Crippen LogP contribution in [0.15, 0.2) is 24.3 Å². The zero-order valence-electron chi connectivity index (χ0n) is 60.4. The van der Waals surface area contributed by atoms with Crippen molar-refractivity contribution in [3.8, 4) is 0 Å². The molecule has 0 spiro atoms. The summed E-state index contributed by atoms with van der Waals surface area (Å²) in [5, 5.41) is 26.6. The third-order valence-electron chi connectivity index (χ3n) is 18.4. The third-order valence-corrected chi connectivity index (χ3v) is 18.4. The van der Waals surface area contributed by atoms with Crippen molar-refractivity contribution in [1.29, 1.82) is 0 Å². The second-order valence-corrected chi connectivity index (χ2v) is 27.2. The first-order chi connectivity index (χ1) is 43.3. The van der Waals surface area contributed by atoms with Gasteiger partial charge in [0, 0.05) is 27.1 Å². The van der Waals surface area contributed by atoms with Crippen molar-refractivity contribution >= 4 is 11.8 Å². The zero-order valence-corrected chi connectivity index (χ0v) is 60.4. The first-order valence-electron chi connectivity index (χ1n) is 39.6. The highest BCUT2D eigenvalue weighted by atomic mass is 16.5. The predicted molar refractivity (Wildman–Crippen MR) is 386 cm³/mol. The Hall–Kier alpha value is -1.74. The number of allylic oxidation sites excluding steroid dienone is 2. The smallest absolute Gasteiger partial charge is 0.222 e. The van der Waals surface area contributed by atoms with E-state index in [1.165, 1.54) is 347 Å². The summed E-state index contributed by atoms with van der Waals surface area (Å²) in [6, 6.07) is 0. The molecule has 0 rings (SSSR count). The second kappa shape index (κ2) is 77.7. The molecule has 2 amide bonds. The number of methoxy groups -OCH3 is 2. The summed E-state index contributed by atoms with van der Waals surface area (Å²) in [4.78, 5) is 24.7. The fourth-order valence-corrected chi connectivity index (χ4v) is 12.3. The van der Waals surface area contributed by atoms with Gasteiger partial charge in [0.25, 0.3) is 0 Å². The van der Waals surface area contributed by atoms with E-state index in [0.717, 1.165) is 51.4 Å². The minimum Gasteiger partial charge on any atom is -0.384 e. The third kappa shape index (κ3) is 71.7. The largest absolute Gasteiger partial charge is 0.384 e. The van der Waals surface area contributed by atoms with Gasteiger partial charge in [-0.15, -0.1) is 0 Å². The van der Waals surface area contributed by atoms with Crippen LogP contribution in [0.3, 0.4) is 0 Å². The number of carbonyl (C=O) groups is 2. The molecule has 0 aliphatic carbocycles. The van der Waals surface area contributed by atoms with Crippen LogP contribution in [0.1, 0.15) is 439 Å². The number of ether oxygens (including phenoxy) is 2. The van der Waals surface area contributed by atoms with Gasteiger partial charge in [-0.1, -0.05) is 412 Å². The molecular formula is C80H158N2O6. The Balaban J connectivity index is 0. The lowest BCUT2D eigenvalue weighted by Gasteiger charge is -2.20. The molecule has 0 heterocycles. The molecule has 0 saturated carbocycles. The Labute approximate surface area is 550 Å². The molecule has 0 bridgehead atoms. The molecule has 0 aliphatic rings. The van der Waals surface area contributed by atoms with E-state index in [4.69, 9.17) is 9.47 Å². The molecule has 0 fully saturated rings. The average molecular weight is 1240 g/mol. The summed E-state index contributed by atoms with van der Waals surface area (Å²) >= 11 is 0. The number of hydrogen-bond donors (Lipinski definition) is 4. The number of carbonyl (C=O) groups excluding carboxylic acids is 2. The van der Waals surface area contributed by atoms with Crippen molar-refractivity contribution in [3.05, 3.63) is 24.3 Å². The highest BCUT2D eigenvalue weighted by Crippen LogP contribution is 2.19. The molecular weight excluding hydrogens is 1080 g/mol. The van der Waals surface area contributed by atoms with Crippen LogP contribution in [0.2, 0.25) is 0 Å². The van der Waals surface area contributed by atoms with E-state index in [1.807, 2.05) is 12.2 Å². The molecule has 0 unspecified atom stereocenters. The highest BCUT2D eigenvalue weighted by molar-refractivity contribution is 5.76. The van der Waals surface area contributed by atoms with E-state index in [-0.39, 0.29) is 11.8 Å². The Kier molecular flexibility index (Phi) is 78.0. The van der Waals surface area contributed by atoms with Crippen molar-refractivity contribution in [3.63, 3.8) is 0 Å². The summed E-state index contributed by atoms with van der Waals surface area (Å²) < 4.78 is 10.7. The van der Waals surface area contributed by atoms with Crippen LogP contribution in [-0.4, -0.2) is 60.9 Å². The lowest BCUT2D eigenvalue weighted by molar-refractivity contribution is -0.128. The first kappa shape index (κ1) is 88.3. The van der Waals surface area contributed by atoms with Crippen LogP contribution in [0, 0.1) is 0 Å². The summed E-state index contributed by atoms with van der Waals surface area (Å²) in [5.41, 5.74) is 0. The molecule has 524 valence electrons. The maximum atomic E-state index is 12.4. The van der Waals surface area contributed by atoms with Crippen LogP contribution >= 0.6 is 0 Å². The van der Waals surface area contributed by atoms with E-state index in [2.05, 4.69) is 38.3 Å². The molecule has 0 aliphatic heterocycles. The Bertz CT molecular complexity index is 1390. The number of hydrogen-bond acceptors (Lipinski definition) is 6. The molecule has 0 radical (unpaired) electrons. The van der Waals surface area contributed by atoms with Crippen molar-refractivity contribution < 1.29 is 29.3 Å². The van der Waals surface area contributed by atoms with Crippen LogP contribution in [-0.2, 0) is 19.1 Å². The molecule has 8 heteroatoms. The standard InChI is InChI=1S/C42H83NO3.C38H75NO3/c1-4-6-8-10-12-14-16-18-20-21-22-23-25-27-29-31-33-35-37-39-41(45)43-42(46-3)40(44)38-36-34-32-30-28-26-24-19-17-15-13-11-9-7-5-2;1-4-6-8-10-12-14-16-18-20-22-24-26-28-30-32-34-36(40)38(42-3)39-37(41)35-33-31-29-27-25-23-21-19-17-15-13-11-9-7-5-2/h36,38,40,42,44H,4-35,37,39H2,1-3H3,(H,43,45);32,34,36,38,40H,4-31,33,35H2,1-3H3,(H,39,41)/b38-36+;34-32+/t40-,42-;36-,38-/m11/s1. The number of amides is 2. The van der Waals surface area contributed by atoms with Gasteiger partial charge in [-0.3, -0.25) is 9.59 Å². The van der Waals surface area contributed by atoms with Gasteiger partial charge in [0.2, 0.25) is 11.8 Å². The number of rotatable bonds is 72. The van der Waals surface area contributed by atoms with Gasteiger partial charge in [-0.2, -0.15) is 0 Å². The monoisotopic (exact) mass is 1240 g/mol. The maximum Gasteiger partial charge on any atom is 0.222 e. The quantitative estimate of drug-likeness (QED) is 0.0274. The average Bonchev–Trinajstić information content (AvgIpc) is 3.54. The van der Waals surface area contributed by atoms with Crippen molar-refractivity contribution in [2.45, 2.75) is 463 Å². The van der Waals surface area contributed by atoms with Crippen LogP contribution in [0.4, 0.5) is 0 Å². The molecule has 88 heavy (non-hydrogen) atoms. The molecule has 0 saturated heterocycles. The summed E-state index contributed by atoms with van der Waals surface area (Å²) in [5.74, 6) is -0.0525. The number of unbranched alkanes of at least 4 members (excludes halogenated alkanes) is 58. The predicted octanol–water partition coefficient (Wildman–Crippen LogP) is 25.0. The minimum absolute atomic E-state index is 0.0252. The maximum absolute atomic E-state index is 12.4. The number of nitrogens with one attached hydrogen (secondary N) is 2. The SMILES string of the molecule is CCCCCCCCCCCCCCC/C=C/[C@@H](O)[C@H](NC(=O)CCCCCCCCCCCCCCCCC)OC.CCCCCCCCCCCCCCC/C=C/[C@@H](O)[C@H](NC(=O)CCCCCCCCCCCCCCCCCCCCC)OC. The second-order valence-electron chi connectivity index (χ2n) is 27.2. The molecule has 0 aromatic heterocycles. The first-order valence-corrected chi connectivity index (χ1v) is 39.6. The van der Waals surface area contributed by atoms with Gasteiger partial charge in [-0.25, -0.2) is 0 Å². The van der Waals surface area contributed by atoms with Crippen molar-refractivity contribution in [2.75, 3.05) is 14.2 Å². The van der Waals surface area contributed by atoms with Gasteiger partial charge in [0.05, 0.1) is 0 Å². The number of aliphatic hydroxyl groups is 2. The minimum atomic E-state index is -0.805. The molecule has 8 nitrogen and oxygen atoms in total. The zero-order chi connectivity index (χ0) is 64.4. The fraction of sp³-hybridized carbons (Fsp3) is 0.925. The van der Waals surface area contributed by atoms with Crippen molar-refractivity contribution in [2.24, 2.45) is 0 Å². The lowest BCUT2D eigenvalue weighted by Crippen LogP contribution is -2.43. The van der Waals surface area contributed by atoms with E-state index < -0.39 is 24.7 Å². The summed E-state index contributed by atoms with van der Waals surface area (Å²) in [6.07, 6.45) is 88.4. The normalized spacial score (nSPS) is 13.1. The van der Waals surface area contributed by atoms with Gasteiger partial charge in [-0.05, 0) is 38.5 Å². The fourth-order valence-electron chi connectivity index (χ4n) is 12.3. The van der Waals surface area contributed by atoms with E-state index >= 15 is 0 Å². The Morgan fingerprint density at radius 1 is 0.273 bits per heavy atom. The topological polar surface area (TPSA) is 117 Å². The van der Waals surface area contributed by atoms with E-state index in [0.29, 0.717) is 12.8 Å².